The van der Waals surface area contributed by atoms with E-state index in [2.05, 4.69) is 16.0 Å². The number of rotatable bonds is 16. The Morgan fingerprint density at radius 2 is 1.41 bits per heavy atom. The first-order valence-electron chi connectivity index (χ1n) is 11.8. The van der Waals surface area contributed by atoms with Crippen molar-refractivity contribution in [2.24, 2.45) is 17.4 Å². The molecule has 1 rings (SSSR count). The first-order chi connectivity index (χ1) is 17.3. The molecule has 204 valence electrons. The van der Waals surface area contributed by atoms with Crippen LogP contribution in [0.25, 0.3) is 0 Å². The van der Waals surface area contributed by atoms with Crippen molar-refractivity contribution in [3.8, 4) is 0 Å². The fourth-order valence-electron chi connectivity index (χ4n) is 3.32. The number of nitrogens with two attached hydrogens (primary N) is 2. The lowest BCUT2D eigenvalue weighted by Crippen LogP contribution is -2.58. The van der Waals surface area contributed by atoms with Crippen molar-refractivity contribution >= 4 is 35.6 Å². The van der Waals surface area contributed by atoms with Crippen molar-refractivity contribution in [3.05, 3.63) is 35.9 Å². The zero-order valence-electron chi connectivity index (χ0n) is 20.8. The lowest BCUT2D eigenvalue weighted by atomic mass is 9.98. The van der Waals surface area contributed by atoms with Crippen molar-refractivity contribution in [3.63, 3.8) is 0 Å². The van der Waals surface area contributed by atoms with Crippen LogP contribution in [0.15, 0.2) is 30.3 Å². The van der Waals surface area contributed by atoms with Crippen molar-refractivity contribution < 1.29 is 39.0 Å². The minimum absolute atomic E-state index is 0.0655. The molecular weight excluding hydrogens is 486 g/mol. The summed E-state index contributed by atoms with van der Waals surface area (Å²) in [5.41, 5.74) is 11.7. The molecule has 0 aliphatic carbocycles. The maximum Gasteiger partial charge on any atom is 0.326 e. The number of carboxylic acids is 2. The summed E-state index contributed by atoms with van der Waals surface area (Å²) in [6, 6.07) is 3.18. The number of nitrogens with one attached hydrogen (secondary N) is 3. The highest BCUT2D eigenvalue weighted by Crippen LogP contribution is 2.08. The van der Waals surface area contributed by atoms with E-state index in [4.69, 9.17) is 16.6 Å². The maximum atomic E-state index is 13.0. The zero-order valence-corrected chi connectivity index (χ0v) is 20.8. The summed E-state index contributed by atoms with van der Waals surface area (Å²) in [6.45, 7) is 3.56. The Bertz CT molecular complexity index is 971. The number of carboxylic acid groups (broad SMARTS) is 2. The summed E-state index contributed by atoms with van der Waals surface area (Å²) in [5, 5.41) is 25.5. The summed E-state index contributed by atoms with van der Waals surface area (Å²) < 4.78 is 0. The predicted octanol–water partition coefficient (Wildman–Crippen LogP) is -1.12. The van der Waals surface area contributed by atoms with Gasteiger partial charge in [0.25, 0.3) is 0 Å². The summed E-state index contributed by atoms with van der Waals surface area (Å²) in [5.74, 6) is -6.39. The fraction of sp³-hybridized carbons (Fsp3) is 0.500. The van der Waals surface area contributed by atoms with E-state index in [1.165, 1.54) is 0 Å². The van der Waals surface area contributed by atoms with Crippen LogP contribution < -0.4 is 27.4 Å². The first kappa shape index (κ1) is 31.0. The summed E-state index contributed by atoms with van der Waals surface area (Å²) in [7, 11) is 0. The number of carbonyl (C=O) groups excluding carboxylic acids is 4. The van der Waals surface area contributed by atoms with E-state index in [0.717, 1.165) is 0 Å². The lowest BCUT2D eigenvalue weighted by Gasteiger charge is -2.25. The number of hydrogen-bond donors (Lipinski definition) is 7. The molecule has 0 fully saturated rings. The molecule has 0 radical (unpaired) electrons. The van der Waals surface area contributed by atoms with Gasteiger partial charge in [0.05, 0.1) is 12.5 Å². The average Bonchev–Trinajstić information content (AvgIpc) is 2.84. The van der Waals surface area contributed by atoms with Crippen LogP contribution in [0.2, 0.25) is 0 Å². The van der Waals surface area contributed by atoms with Gasteiger partial charge in [0.2, 0.25) is 23.6 Å². The van der Waals surface area contributed by atoms with E-state index in [1.807, 2.05) is 6.92 Å². The number of carbonyl (C=O) groups is 6. The smallest absolute Gasteiger partial charge is 0.326 e. The second-order valence-electron chi connectivity index (χ2n) is 8.73. The molecule has 0 bridgehead atoms. The third kappa shape index (κ3) is 11.1. The molecule has 0 saturated heterocycles. The molecule has 4 amide bonds. The minimum Gasteiger partial charge on any atom is -0.481 e. The van der Waals surface area contributed by atoms with Gasteiger partial charge in [0, 0.05) is 12.8 Å². The first-order valence-corrected chi connectivity index (χ1v) is 11.8. The average molecular weight is 522 g/mol. The molecule has 1 aromatic carbocycles. The number of hydrogen-bond acceptors (Lipinski definition) is 7. The van der Waals surface area contributed by atoms with Gasteiger partial charge in [-0.1, -0.05) is 50.6 Å². The molecule has 0 saturated carbocycles. The Kier molecular flexibility index (Phi) is 12.7. The summed E-state index contributed by atoms with van der Waals surface area (Å²) >= 11 is 0. The van der Waals surface area contributed by atoms with E-state index in [1.54, 1.807) is 37.3 Å². The van der Waals surface area contributed by atoms with E-state index < -0.39 is 72.6 Å². The van der Waals surface area contributed by atoms with Crippen LogP contribution in [0.1, 0.15) is 45.1 Å². The fourth-order valence-corrected chi connectivity index (χ4v) is 3.32. The molecule has 9 N–H and O–H groups in total. The lowest BCUT2D eigenvalue weighted by molar-refractivity contribution is -0.142. The molecule has 37 heavy (non-hydrogen) atoms. The normalized spacial score (nSPS) is 14.8. The Morgan fingerprint density at radius 3 is 1.92 bits per heavy atom. The van der Waals surface area contributed by atoms with Gasteiger partial charge in [-0.3, -0.25) is 24.0 Å². The molecule has 0 spiro atoms. The topological polar surface area (TPSA) is 231 Å². The molecule has 0 aromatic heterocycles. The molecule has 5 atom stereocenters. The van der Waals surface area contributed by atoms with Crippen LogP contribution in [0, 0.1) is 5.92 Å². The Labute approximate surface area is 214 Å². The molecule has 1 aromatic rings. The van der Waals surface area contributed by atoms with Gasteiger partial charge in [-0.2, -0.15) is 0 Å². The highest BCUT2D eigenvalue weighted by molar-refractivity contribution is 5.96. The van der Waals surface area contributed by atoms with Crippen molar-refractivity contribution in [2.45, 2.75) is 70.1 Å². The molecule has 5 unspecified atom stereocenters. The van der Waals surface area contributed by atoms with Crippen LogP contribution in [-0.4, -0.2) is 69.9 Å². The van der Waals surface area contributed by atoms with E-state index >= 15 is 0 Å². The second kappa shape index (κ2) is 15.2. The van der Waals surface area contributed by atoms with Crippen LogP contribution in [0.4, 0.5) is 0 Å². The Balaban J connectivity index is 3.05. The van der Waals surface area contributed by atoms with Crippen LogP contribution >= 0.6 is 0 Å². The Morgan fingerprint density at radius 1 is 0.865 bits per heavy atom. The largest absolute Gasteiger partial charge is 0.481 e. The van der Waals surface area contributed by atoms with E-state index in [0.29, 0.717) is 12.0 Å². The standard InChI is InChI=1S/C24H35N5O8/c1-3-13(2)20(26)23(35)27-15(9-10-19(31)32)21(33)28-16(12-18(25)30)22(34)29-17(24(36)37)11-14-7-5-4-6-8-14/h4-8,13,15-17,20H,3,9-12,26H2,1-2H3,(H2,25,30)(H,27,35)(H,28,33)(H,29,34)(H,31,32)(H,36,37). The van der Waals surface area contributed by atoms with Gasteiger partial charge < -0.3 is 37.6 Å². The summed E-state index contributed by atoms with van der Waals surface area (Å²) in [4.78, 5) is 72.7. The van der Waals surface area contributed by atoms with Gasteiger partial charge in [-0.15, -0.1) is 0 Å². The molecule has 13 heteroatoms. The SMILES string of the molecule is CCC(C)C(N)C(=O)NC(CCC(=O)O)C(=O)NC(CC(N)=O)C(=O)NC(Cc1ccccc1)C(=O)O. The van der Waals surface area contributed by atoms with Crippen molar-refractivity contribution in [2.75, 3.05) is 0 Å². The number of primary amides is 1. The van der Waals surface area contributed by atoms with Gasteiger partial charge in [0.15, 0.2) is 0 Å². The monoisotopic (exact) mass is 521 g/mol. The number of aliphatic carboxylic acids is 2. The zero-order chi connectivity index (χ0) is 28.1. The number of benzene rings is 1. The van der Waals surface area contributed by atoms with Crippen molar-refractivity contribution in [1.29, 1.82) is 0 Å². The van der Waals surface area contributed by atoms with Crippen LogP contribution in [-0.2, 0) is 35.2 Å². The van der Waals surface area contributed by atoms with E-state index in [9.17, 15) is 33.9 Å². The van der Waals surface area contributed by atoms with Crippen LogP contribution in [0.5, 0.6) is 0 Å². The second-order valence-corrected chi connectivity index (χ2v) is 8.73. The molecule has 0 heterocycles. The summed E-state index contributed by atoms with van der Waals surface area (Å²) in [6.07, 6.45) is -0.959. The highest BCUT2D eigenvalue weighted by Gasteiger charge is 2.32. The third-order valence-corrected chi connectivity index (χ3v) is 5.78. The quantitative estimate of drug-likeness (QED) is 0.139. The maximum absolute atomic E-state index is 13.0. The van der Waals surface area contributed by atoms with Gasteiger partial charge in [-0.25, -0.2) is 4.79 Å². The predicted molar refractivity (Wildman–Crippen MR) is 132 cm³/mol. The van der Waals surface area contributed by atoms with Crippen molar-refractivity contribution in [1.82, 2.24) is 16.0 Å². The van der Waals surface area contributed by atoms with E-state index in [-0.39, 0.29) is 18.8 Å². The third-order valence-electron chi connectivity index (χ3n) is 5.78. The Hall–Kier alpha value is -4.00. The van der Waals surface area contributed by atoms with Gasteiger partial charge >= 0.3 is 11.9 Å². The molecule has 0 aliphatic heterocycles. The molecular formula is C24H35N5O8. The minimum atomic E-state index is -1.57. The molecule has 0 aliphatic rings. The number of amides is 4. The highest BCUT2D eigenvalue weighted by atomic mass is 16.4. The van der Waals surface area contributed by atoms with Crippen LogP contribution in [0.3, 0.4) is 0 Å². The van der Waals surface area contributed by atoms with Gasteiger partial charge in [-0.05, 0) is 17.9 Å². The molecule has 13 nitrogen and oxygen atoms in total. The van der Waals surface area contributed by atoms with Gasteiger partial charge in [0.1, 0.15) is 18.1 Å².